The van der Waals surface area contributed by atoms with E-state index in [0.29, 0.717) is 11.1 Å². The molecule has 0 fully saturated rings. The minimum absolute atomic E-state index is 0.0552. The van der Waals surface area contributed by atoms with Crippen molar-refractivity contribution in [3.8, 4) is 11.1 Å². The van der Waals surface area contributed by atoms with Gasteiger partial charge >= 0.3 is 0 Å². The standard InChI is InChI=1S/C17H15FN2O3S/c1-2-9-19-17(21)11-20-15-8-7-12(18)10-14(15)13-5-3-4-6-16(13)24(20,22)23/h2-8,10H,1,9,11H2,(H,19,21). The topological polar surface area (TPSA) is 66.5 Å². The van der Waals surface area contributed by atoms with Crippen LogP contribution in [0.4, 0.5) is 10.1 Å². The second-order valence-electron chi connectivity index (χ2n) is 5.26. The van der Waals surface area contributed by atoms with Crippen LogP contribution >= 0.6 is 0 Å². The molecule has 0 aliphatic carbocycles. The number of nitrogens with one attached hydrogen (secondary N) is 1. The summed E-state index contributed by atoms with van der Waals surface area (Å²) in [5.74, 6) is -0.938. The minimum Gasteiger partial charge on any atom is -0.351 e. The summed E-state index contributed by atoms with van der Waals surface area (Å²) in [4.78, 5) is 12.1. The average Bonchev–Trinajstić information content (AvgIpc) is 2.57. The van der Waals surface area contributed by atoms with Gasteiger partial charge in [-0.15, -0.1) is 6.58 Å². The molecule has 1 aliphatic heterocycles. The number of sulfonamides is 1. The smallest absolute Gasteiger partial charge is 0.265 e. The Balaban J connectivity index is 2.14. The van der Waals surface area contributed by atoms with Crippen LogP contribution < -0.4 is 9.62 Å². The zero-order valence-corrected chi connectivity index (χ0v) is 13.5. The fraction of sp³-hybridized carbons (Fsp3) is 0.118. The van der Waals surface area contributed by atoms with Gasteiger partial charge in [0.25, 0.3) is 10.0 Å². The third kappa shape index (κ3) is 2.67. The first-order valence-corrected chi connectivity index (χ1v) is 8.68. The van der Waals surface area contributed by atoms with Crippen LogP contribution in [0.1, 0.15) is 0 Å². The first-order chi connectivity index (χ1) is 11.4. The average molecular weight is 346 g/mol. The first-order valence-electron chi connectivity index (χ1n) is 7.24. The number of hydrogen-bond acceptors (Lipinski definition) is 3. The van der Waals surface area contributed by atoms with Crippen molar-refractivity contribution in [3.05, 3.63) is 60.9 Å². The van der Waals surface area contributed by atoms with Gasteiger partial charge in [0.2, 0.25) is 5.91 Å². The molecule has 0 bridgehead atoms. The molecule has 1 N–H and O–H groups in total. The molecule has 0 radical (unpaired) electrons. The van der Waals surface area contributed by atoms with E-state index < -0.39 is 21.7 Å². The SMILES string of the molecule is C=CCNC(=O)CN1c2ccc(F)cc2-c2ccccc2S1(=O)=O. The second kappa shape index (κ2) is 6.09. The van der Waals surface area contributed by atoms with Crippen LogP contribution in [0.25, 0.3) is 11.1 Å². The zero-order valence-electron chi connectivity index (χ0n) is 12.7. The summed E-state index contributed by atoms with van der Waals surface area (Å²) in [6.45, 7) is 3.35. The van der Waals surface area contributed by atoms with Gasteiger partial charge in [-0.25, -0.2) is 12.8 Å². The molecule has 1 heterocycles. The van der Waals surface area contributed by atoms with Crippen LogP contribution in [0.15, 0.2) is 60.0 Å². The van der Waals surface area contributed by atoms with Crippen LogP contribution in [-0.4, -0.2) is 27.4 Å². The molecule has 1 amide bonds. The molecule has 7 heteroatoms. The zero-order chi connectivity index (χ0) is 17.3. The van der Waals surface area contributed by atoms with E-state index in [9.17, 15) is 17.6 Å². The predicted molar refractivity (Wildman–Crippen MR) is 89.6 cm³/mol. The van der Waals surface area contributed by atoms with Gasteiger partial charge in [0.05, 0.1) is 10.6 Å². The van der Waals surface area contributed by atoms with Crippen molar-refractivity contribution in [1.29, 1.82) is 0 Å². The summed E-state index contributed by atoms with van der Waals surface area (Å²) < 4.78 is 40.5. The third-order valence-corrected chi connectivity index (χ3v) is 5.52. The molecule has 124 valence electrons. The number of amides is 1. The molecule has 0 spiro atoms. The highest BCUT2D eigenvalue weighted by molar-refractivity contribution is 7.93. The Morgan fingerprint density at radius 2 is 1.96 bits per heavy atom. The summed E-state index contributed by atoms with van der Waals surface area (Å²) in [6, 6.07) is 10.2. The van der Waals surface area contributed by atoms with Crippen molar-refractivity contribution in [2.24, 2.45) is 0 Å². The highest BCUT2D eigenvalue weighted by atomic mass is 32.2. The highest BCUT2D eigenvalue weighted by Crippen LogP contribution is 2.42. The van der Waals surface area contributed by atoms with Crippen LogP contribution in [0.3, 0.4) is 0 Å². The van der Waals surface area contributed by atoms with Crippen molar-refractivity contribution >= 4 is 21.6 Å². The molecule has 3 rings (SSSR count). The maximum absolute atomic E-state index is 13.7. The Labute approximate surface area is 139 Å². The molecule has 0 unspecified atom stereocenters. The maximum atomic E-state index is 13.7. The maximum Gasteiger partial charge on any atom is 0.265 e. The van der Waals surface area contributed by atoms with E-state index in [2.05, 4.69) is 11.9 Å². The lowest BCUT2D eigenvalue weighted by molar-refractivity contribution is -0.119. The number of fused-ring (bicyclic) bond motifs is 3. The largest absolute Gasteiger partial charge is 0.351 e. The Morgan fingerprint density at radius 1 is 1.21 bits per heavy atom. The fourth-order valence-corrected chi connectivity index (χ4v) is 4.30. The number of rotatable bonds is 4. The van der Waals surface area contributed by atoms with E-state index in [1.54, 1.807) is 18.2 Å². The predicted octanol–water partition coefficient (Wildman–Crippen LogP) is 2.30. The summed E-state index contributed by atoms with van der Waals surface area (Å²) >= 11 is 0. The number of benzene rings is 2. The van der Waals surface area contributed by atoms with Crippen LogP contribution in [0, 0.1) is 5.82 Å². The van der Waals surface area contributed by atoms with Crippen LogP contribution in [-0.2, 0) is 14.8 Å². The number of carbonyl (C=O) groups excluding carboxylic acids is 1. The van der Waals surface area contributed by atoms with Crippen molar-refractivity contribution in [2.75, 3.05) is 17.4 Å². The van der Waals surface area contributed by atoms with E-state index in [1.807, 2.05) is 0 Å². The van der Waals surface area contributed by atoms with Crippen molar-refractivity contribution in [3.63, 3.8) is 0 Å². The summed E-state index contributed by atoms with van der Waals surface area (Å²) in [7, 11) is -3.90. The molecular weight excluding hydrogens is 331 g/mol. The molecule has 2 aromatic carbocycles. The first kappa shape index (κ1) is 16.2. The molecule has 1 aliphatic rings. The summed E-state index contributed by atoms with van der Waals surface area (Å²) in [6.07, 6.45) is 1.50. The summed E-state index contributed by atoms with van der Waals surface area (Å²) in [5.41, 5.74) is 1.15. The van der Waals surface area contributed by atoms with Gasteiger partial charge in [0.1, 0.15) is 12.4 Å². The fourth-order valence-electron chi connectivity index (χ4n) is 2.65. The Bertz CT molecular complexity index is 925. The molecule has 24 heavy (non-hydrogen) atoms. The number of anilines is 1. The minimum atomic E-state index is -3.90. The van der Waals surface area contributed by atoms with E-state index in [0.717, 1.165) is 4.31 Å². The van der Waals surface area contributed by atoms with Gasteiger partial charge in [-0.3, -0.25) is 9.10 Å². The van der Waals surface area contributed by atoms with Crippen molar-refractivity contribution in [1.82, 2.24) is 5.32 Å². The lowest BCUT2D eigenvalue weighted by atomic mass is 10.0. The van der Waals surface area contributed by atoms with Gasteiger partial charge < -0.3 is 5.32 Å². The Hall–Kier alpha value is -2.67. The summed E-state index contributed by atoms with van der Waals surface area (Å²) in [5, 5.41) is 2.55. The number of carbonyl (C=O) groups is 1. The van der Waals surface area contributed by atoms with E-state index in [-0.39, 0.29) is 23.7 Å². The Kier molecular flexibility index (Phi) is 4.11. The van der Waals surface area contributed by atoms with Gasteiger partial charge in [-0.1, -0.05) is 24.3 Å². The van der Waals surface area contributed by atoms with Crippen LogP contribution in [0.2, 0.25) is 0 Å². The molecule has 0 saturated heterocycles. The van der Waals surface area contributed by atoms with E-state index in [4.69, 9.17) is 0 Å². The molecule has 0 saturated carbocycles. The van der Waals surface area contributed by atoms with Gasteiger partial charge in [-0.2, -0.15) is 0 Å². The second-order valence-corrected chi connectivity index (χ2v) is 7.09. The van der Waals surface area contributed by atoms with Crippen molar-refractivity contribution in [2.45, 2.75) is 4.90 Å². The Morgan fingerprint density at radius 3 is 2.71 bits per heavy atom. The van der Waals surface area contributed by atoms with E-state index in [1.165, 1.54) is 30.3 Å². The number of hydrogen-bond donors (Lipinski definition) is 1. The van der Waals surface area contributed by atoms with Crippen LogP contribution in [0.5, 0.6) is 0 Å². The normalized spacial score (nSPS) is 14.5. The monoisotopic (exact) mass is 346 g/mol. The van der Waals surface area contributed by atoms with Crippen molar-refractivity contribution < 1.29 is 17.6 Å². The lowest BCUT2D eigenvalue weighted by Gasteiger charge is -2.31. The molecule has 5 nitrogen and oxygen atoms in total. The molecule has 2 aromatic rings. The quantitative estimate of drug-likeness (QED) is 0.864. The molecule has 0 aromatic heterocycles. The van der Waals surface area contributed by atoms with E-state index >= 15 is 0 Å². The van der Waals surface area contributed by atoms with Gasteiger partial charge in [0.15, 0.2) is 0 Å². The molecule has 0 atom stereocenters. The van der Waals surface area contributed by atoms with Gasteiger partial charge in [0, 0.05) is 17.7 Å². The van der Waals surface area contributed by atoms with Gasteiger partial charge in [-0.05, 0) is 24.3 Å². The number of nitrogens with zero attached hydrogens (tertiary/aromatic N) is 1. The molecular formula is C17H15FN2O3S. The highest BCUT2D eigenvalue weighted by Gasteiger charge is 2.35. The third-order valence-electron chi connectivity index (χ3n) is 3.70. The lowest BCUT2D eigenvalue weighted by Crippen LogP contribution is -2.42. The number of halogens is 1.